The van der Waals surface area contributed by atoms with Crippen LogP contribution in [0.4, 0.5) is 0 Å². The van der Waals surface area contributed by atoms with E-state index in [0.717, 1.165) is 18.5 Å². The van der Waals surface area contributed by atoms with E-state index in [1.54, 1.807) is 18.2 Å². The zero-order valence-corrected chi connectivity index (χ0v) is 13.2. The molecule has 0 aliphatic heterocycles. The molecular formula is C18H25NO3. The summed E-state index contributed by atoms with van der Waals surface area (Å²) in [4.78, 5) is 23.2. The molecule has 2 rings (SSSR count). The molecule has 0 unspecified atom stereocenters. The Bertz CT molecular complexity index is 533. The average molecular weight is 303 g/mol. The highest BCUT2D eigenvalue weighted by Crippen LogP contribution is 2.40. The molecule has 4 nitrogen and oxygen atoms in total. The molecule has 1 amide bonds. The number of rotatable bonds is 7. The number of hydrogen-bond acceptors (Lipinski definition) is 2. The SMILES string of the molecule is CCC1(CNC(=O)CCc2ccccc2C(=O)O)CCCC1. The first kappa shape index (κ1) is 16.5. The number of aromatic carboxylic acids is 1. The number of carboxylic acids is 1. The zero-order chi connectivity index (χ0) is 16.0. The Labute approximate surface area is 131 Å². The van der Waals surface area contributed by atoms with Crippen molar-refractivity contribution in [3.8, 4) is 0 Å². The molecular weight excluding hydrogens is 278 g/mol. The van der Waals surface area contributed by atoms with Gasteiger partial charge in [-0.1, -0.05) is 38.0 Å². The number of hydrogen-bond donors (Lipinski definition) is 2. The highest BCUT2D eigenvalue weighted by atomic mass is 16.4. The minimum Gasteiger partial charge on any atom is -0.478 e. The fourth-order valence-electron chi connectivity index (χ4n) is 3.35. The molecule has 0 aromatic heterocycles. The Morgan fingerprint density at radius 3 is 2.55 bits per heavy atom. The lowest BCUT2D eigenvalue weighted by Crippen LogP contribution is -2.35. The van der Waals surface area contributed by atoms with Gasteiger partial charge in [0.25, 0.3) is 0 Å². The fraction of sp³-hybridized carbons (Fsp3) is 0.556. The number of carbonyl (C=O) groups is 2. The monoisotopic (exact) mass is 303 g/mol. The summed E-state index contributed by atoms with van der Waals surface area (Å²) >= 11 is 0. The maximum atomic E-state index is 12.1. The van der Waals surface area contributed by atoms with Gasteiger partial charge >= 0.3 is 5.97 Å². The van der Waals surface area contributed by atoms with Gasteiger partial charge in [-0.2, -0.15) is 0 Å². The molecule has 1 aromatic carbocycles. The van der Waals surface area contributed by atoms with Crippen molar-refractivity contribution >= 4 is 11.9 Å². The van der Waals surface area contributed by atoms with Crippen LogP contribution in [0.15, 0.2) is 24.3 Å². The fourth-order valence-corrected chi connectivity index (χ4v) is 3.35. The number of aryl methyl sites for hydroxylation is 1. The molecule has 22 heavy (non-hydrogen) atoms. The van der Waals surface area contributed by atoms with E-state index in [4.69, 9.17) is 5.11 Å². The van der Waals surface area contributed by atoms with Gasteiger partial charge in [0, 0.05) is 13.0 Å². The van der Waals surface area contributed by atoms with Crippen LogP contribution in [0.3, 0.4) is 0 Å². The van der Waals surface area contributed by atoms with Crippen molar-refractivity contribution in [2.75, 3.05) is 6.54 Å². The molecule has 120 valence electrons. The first-order valence-corrected chi connectivity index (χ1v) is 8.14. The first-order chi connectivity index (χ1) is 10.6. The van der Waals surface area contributed by atoms with E-state index in [-0.39, 0.29) is 16.9 Å². The normalized spacial score (nSPS) is 16.4. The van der Waals surface area contributed by atoms with Crippen molar-refractivity contribution in [1.82, 2.24) is 5.32 Å². The van der Waals surface area contributed by atoms with Crippen LogP contribution < -0.4 is 5.32 Å². The first-order valence-electron chi connectivity index (χ1n) is 8.14. The van der Waals surface area contributed by atoms with E-state index in [0.29, 0.717) is 12.8 Å². The van der Waals surface area contributed by atoms with Crippen molar-refractivity contribution in [3.63, 3.8) is 0 Å². The average Bonchev–Trinajstić information content (AvgIpc) is 3.00. The van der Waals surface area contributed by atoms with Gasteiger partial charge in [0.1, 0.15) is 0 Å². The van der Waals surface area contributed by atoms with Gasteiger partial charge in [-0.05, 0) is 42.7 Å². The van der Waals surface area contributed by atoms with Gasteiger partial charge in [-0.25, -0.2) is 4.79 Å². The molecule has 4 heteroatoms. The summed E-state index contributed by atoms with van der Waals surface area (Å²) in [6.07, 6.45) is 6.83. The van der Waals surface area contributed by atoms with Crippen LogP contribution in [0, 0.1) is 5.41 Å². The molecule has 1 fully saturated rings. The van der Waals surface area contributed by atoms with Crippen LogP contribution >= 0.6 is 0 Å². The van der Waals surface area contributed by atoms with Crippen LogP contribution in [-0.4, -0.2) is 23.5 Å². The summed E-state index contributed by atoms with van der Waals surface area (Å²) in [5.74, 6) is -0.924. The van der Waals surface area contributed by atoms with E-state index in [9.17, 15) is 9.59 Å². The van der Waals surface area contributed by atoms with Crippen molar-refractivity contribution < 1.29 is 14.7 Å². The van der Waals surface area contributed by atoms with Gasteiger partial charge in [-0.15, -0.1) is 0 Å². The van der Waals surface area contributed by atoms with Crippen LogP contribution in [0.25, 0.3) is 0 Å². The number of nitrogens with one attached hydrogen (secondary N) is 1. The van der Waals surface area contributed by atoms with E-state index in [2.05, 4.69) is 12.2 Å². The third-order valence-electron chi connectivity index (χ3n) is 4.94. The van der Waals surface area contributed by atoms with Crippen LogP contribution in [0.5, 0.6) is 0 Å². The number of amides is 1. The van der Waals surface area contributed by atoms with Gasteiger partial charge < -0.3 is 10.4 Å². The maximum Gasteiger partial charge on any atom is 0.335 e. The predicted molar refractivity (Wildman–Crippen MR) is 85.9 cm³/mol. The van der Waals surface area contributed by atoms with E-state index >= 15 is 0 Å². The lowest BCUT2D eigenvalue weighted by molar-refractivity contribution is -0.121. The smallest absolute Gasteiger partial charge is 0.335 e. The second-order valence-electron chi connectivity index (χ2n) is 6.30. The molecule has 0 spiro atoms. The Kier molecular flexibility index (Phi) is 5.58. The Morgan fingerprint density at radius 1 is 1.23 bits per heavy atom. The Balaban J connectivity index is 1.84. The molecule has 0 heterocycles. The second kappa shape index (κ2) is 7.43. The number of benzene rings is 1. The number of carbonyl (C=O) groups excluding carboxylic acids is 1. The molecule has 0 bridgehead atoms. The van der Waals surface area contributed by atoms with Crippen LogP contribution in [0.1, 0.15) is 61.4 Å². The van der Waals surface area contributed by atoms with Crippen molar-refractivity contribution in [3.05, 3.63) is 35.4 Å². The van der Waals surface area contributed by atoms with Gasteiger partial charge in [0.2, 0.25) is 5.91 Å². The molecule has 1 aliphatic rings. The second-order valence-corrected chi connectivity index (χ2v) is 6.30. The summed E-state index contributed by atoms with van der Waals surface area (Å²) < 4.78 is 0. The molecule has 1 aromatic rings. The standard InChI is InChI=1S/C18H25NO3/c1-2-18(11-5-6-12-18)13-19-16(20)10-9-14-7-3-4-8-15(14)17(21)22/h3-4,7-8H,2,5-6,9-13H2,1H3,(H,19,20)(H,21,22). The molecule has 2 N–H and O–H groups in total. The van der Waals surface area contributed by atoms with Crippen LogP contribution in [0.2, 0.25) is 0 Å². The Morgan fingerprint density at radius 2 is 1.91 bits per heavy atom. The summed E-state index contributed by atoms with van der Waals surface area (Å²) in [5, 5.41) is 12.2. The minimum atomic E-state index is -0.938. The topological polar surface area (TPSA) is 66.4 Å². The maximum absolute atomic E-state index is 12.1. The summed E-state index contributed by atoms with van der Waals surface area (Å²) in [7, 11) is 0. The Hall–Kier alpha value is -1.84. The highest BCUT2D eigenvalue weighted by Gasteiger charge is 2.32. The molecule has 1 saturated carbocycles. The van der Waals surface area contributed by atoms with Gasteiger partial charge in [0.15, 0.2) is 0 Å². The minimum absolute atomic E-state index is 0.0138. The van der Waals surface area contributed by atoms with Crippen molar-refractivity contribution in [2.45, 2.75) is 51.9 Å². The third kappa shape index (κ3) is 4.09. The lowest BCUT2D eigenvalue weighted by Gasteiger charge is -2.27. The van der Waals surface area contributed by atoms with Gasteiger partial charge in [-0.3, -0.25) is 4.79 Å². The highest BCUT2D eigenvalue weighted by molar-refractivity contribution is 5.89. The molecule has 0 atom stereocenters. The summed E-state index contributed by atoms with van der Waals surface area (Å²) in [5.41, 5.74) is 1.29. The predicted octanol–water partition coefficient (Wildman–Crippen LogP) is 3.40. The third-order valence-corrected chi connectivity index (χ3v) is 4.94. The quantitative estimate of drug-likeness (QED) is 0.811. The zero-order valence-electron chi connectivity index (χ0n) is 13.2. The largest absolute Gasteiger partial charge is 0.478 e. The molecule has 0 radical (unpaired) electrons. The van der Waals surface area contributed by atoms with Gasteiger partial charge in [0.05, 0.1) is 5.56 Å². The molecule has 0 saturated heterocycles. The van der Waals surface area contributed by atoms with E-state index < -0.39 is 5.97 Å². The summed E-state index contributed by atoms with van der Waals surface area (Å²) in [6.45, 7) is 2.95. The number of carboxylic acid groups (broad SMARTS) is 1. The van der Waals surface area contributed by atoms with Crippen molar-refractivity contribution in [2.24, 2.45) is 5.41 Å². The van der Waals surface area contributed by atoms with E-state index in [1.165, 1.54) is 25.7 Å². The van der Waals surface area contributed by atoms with Crippen molar-refractivity contribution in [1.29, 1.82) is 0 Å². The molecule has 1 aliphatic carbocycles. The van der Waals surface area contributed by atoms with Crippen LogP contribution in [-0.2, 0) is 11.2 Å². The lowest BCUT2D eigenvalue weighted by atomic mass is 9.83. The summed E-state index contributed by atoms with van der Waals surface area (Å²) in [6, 6.07) is 6.88. The van der Waals surface area contributed by atoms with E-state index in [1.807, 2.05) is 6.07 Å².